The molecule has 1 nitrogen and oxygen atoms in total. The smallest absolute Gasteiger partial charge is 0.0598 e. The summed E-state index contributed by atoms with van der Waals surface area (Å²) in [4.78, 5) is 0. The van der Waals surface area contributed by atoms with Gasteiger partial charge < -0.3 is 5.32 Å². The first-order valence-electron chi connectivity index (χ1n) is 5.35. The minimum absolute atomic E-state index is 0.875. The number of unbranched alkanes of at least 4 members (excludes halogenated alkanes) is 1. The molecule has 0 spiro atoms. The minimum Gasteiger partial charge on any atom is -0.314 e. The van der Waals surface area contributed by atoms with Gasteiger partial charge >= 0.3 is 0 Å². The van der Waals surface area contributed by atoms with Gasteiger partial charge in [0.05, 0.1) is 4.21 Å². The van der Waals surface area contributed by atoms with Crippen molar-refractivity contribution < 1.29 is 0 Å². The highest BCUT2D eigenvalue weighted by Gasteiger charge is 2.19. The number of thiophene rings is 1. The lowest BCUT2D eigenvalue weighted by Gasteiger charge is -2.01. The Morgan fingerprint density at radius 1 is 1.43 bits per heavy atom. The van der Waals surface area contributed by atoms with Crippen LogP contribution >= 0.6 is 23.1 Å². The van der Waals surface area contributed by atoms with Crippen molar-refractivity contribution in [2.45, 2.75) is 35.9 Å². The first-order chi connectivity index (χ1) is 6.95. The Morgan fingerprint density at radius 2 is 2.36 bits per heavy atom. The van der Waals surface area contributed by atoms with Gasteiger partial charge in [-0.1, -0.05) is 6.07 Å². The standard InChI is InChI=1S/C11H17NS2/c1(7-12-10-5-6-10)2-8-13-11-4-3-9-14-11/h3-4,9-10,12H,1-2,5-8H2. The third-order valence-corrected chi connectivity index (χ3v) is 4.54. The van der Waals surface area contributed by atoms with Crippen LogP contribution < -0.4 is 5.32 Å². The predicted octanol–water partition coefficient (Wildman–Crippen LogP) is 3.37. The van der Waals surface area contributed by atoms with Gasteiger partial charge in [0.2, 0.25) is 0 Å². The Labute approximate surface area is 94.3 Å². The van der Waals surface area contributed by atoms with E-state index in [-0.39, 0.29) is 0 Å². The molecule has 1 saturated carbocycles. The van der Waals surface area contributed by atoms with Crippen LogP contribution in [0.2, 0.25) is 0 Å². The fourth-order valence-electron chi connectivity index (χ4n) is 1.34. The summed E-state index contributed by atoms with van der Waals surface area (Å²) in [6.07, 6.45) is 5.48. The zero-order valence-electron chi connectivity index (χ0n) is 8.37. The molecule has 1 N–H and O–H groups in total. The Bertz CT molecular complexity index is 242. The SMILES string of the molecule is c1csc(SCCCCNC2CC2)c1. The molecule has 0 unspecified atom stereocenters. The molecule has 1 aromatic rings. The predicted molar refractivity (Wildman–Crippen MR) is 65.3 cm³/mol. The summed E-state index contributed by atoms with van der Waals surface area (Å²) in [6.45, 7) is 1.22. The van der Waals surface area contributed by atoms with Crippen LogP contribution in [0.5, 0.6) is 0 Å². The Hall–Kier alpha value is 0.01000. The Kier molecular flexibility index (Phi) is 4.35. The van der Waals surface area contributed by atoms with E-state index in [1.807, 2.05) is 23.1 Å². The van der Waals surface area contributed by atoms with Crippen molar-refractivity contribution in [3.05, 3.63) is 17.5 Å². The van der Waals surface area contributed by atoms with Gasteiger partial charge in [0, 0.05) is 6.04 Å². The first kappa shape index (κ1) is 10.5. The molecular weight excluding hydrogens is 210 g/mol. The average molecular weight is 227 g/mol. The van der Waals surface area contributed by atoms with Crippen molar-refractivity contribution in [3.8, 4) is 0 Å². The Morgan fingerprint density at radius 3 is 3.07 bits per heavy atom. The van der Waals surface area contributed by atoms with E-state index in [1.54, 1.807) is 0 Å². The molecule has 1 fully saturated rings. The lowest BCUT2D eigenvalue weighted by molar-refractivity contribution is 0.640. The fourth-order valence-corrected chi connectivity index (χ4v) is 3.20. The fraction of sp³-hybridized carbons (Fsp3) is 0.636. The van der Waals surface area contributed by atoms with Crippen LogP contribution in [0.15, 0.2) is 21.7 Å². The van der Waals surface area contributed by atoms with E-state index in [0.29, 0.717) is 0 Å². The molecule has 0 radical (unpaired) electrons. The summed E-state index contributed by atoms with van der Waals surface area (Å²) in [5, 5.41) is 5.69. The Balaban J connectivity index is 1.43. The molecule has 1 aromatic heterocycles. The van der Waals surface area contributed by atoms with Crippen LogP contribution in [0.25, 0.3) is 0 Å². The van der Waals surface area contributed by atoms with E-state index in [2.05, 4.69) is 22.8 Å². The van der Waals surface area contributed by atoms with E-state index in [0.717, 1.165) is 6.04 Å². The number of thioether (sulfide) groups is 1. The zero-order chi connectivity index (χ0) is 9.64. The molecule has 78 valence electrons. The molecule has 1 aliphatic carbocycles. The quantitative estimate of drug-likeness (QED) is 0.566. The topological polar surface area (TPSA) is 12.0 Å². The van der Waals surface area contributed by atoms with Crippen molar-refractivity contribution in [2.75, 3.05) is 12.3 Å². The number of hydrogen-bond donors (Lipinski definition) is 1. The maximum absolute atomic E-state index is 3.54. The molecule has 14 heavy (non-hydrogen) atoms. The van der Waals surface area contributed by atoms with Crippen LogP contribution in [0, 0.1) is 0 Å². The summed E-state index contributed by atoms with van der Waals surface area (Å²) in [6, 6.07) is 5.21. The zero-order valence-corrected chi connectivity index (χ0v) is 10.0. The molecule has 0 aliphatic heterocycles. The second kappa shape index (κ2) is 5.79. The summed E-state index contributed by atoms with van der Waals surface area (Å²) in [5.41, 5.74) is 0. The number of hydrogen-bond acceptors (Lipinski definition) is 3. The average Bonchev–Trinajstić information content (AvgIpc) is 2.87. The van der Waals surface area contributed by atoms with E-state index < -0.39 is 0 Å². The van der Waals surface area contributed by atoms with Crippen LogP contribution in [0.1, 0.15) is 25.7 Å². The van der Waals surface area contributed by atoms with Gasteiger partial charge in [0.1, 0.15) is 0 Å². The maximum Gasteiger partial charge on any atom is 0.0598 e. The lowest BCUT2D eigenvalue weighted by atomic mass is 10.3. The molecule has 0 aromatic carbocycles. The third kappa shape index (κ3) is 4.03. The molecular formula is C11H17NS2. The maximum atomic E-state index is 3.54. The van der Waals surface area contributed by atoms with Crippen LogP contribution in [0.4, 0.5) is 0 Å². The molecule has 0 saturated heterocycles. The third-order valence-electron chi connectivity index (χ3n) is 2.32. The van der Waals surface area contributed by atoms with E-state index in [1.165, 1.54) is 42.2 Å². The highest BCUT2D eigenvalue weighted by molar-refractivity contribution is 8.01. The van der Waals surface area contributed by atoms with Crippen molar-refractivity contribution in [2.24, 2.45) is 0 Å². The van der Waals surface area contributed by atoms with Crippen molar-refractivity contribution >= 4 is 23.1 Å². The van der Waals surface area contributed by atoms with Gasteiger partial charge in [-0.25, -0.2) is 0 Å². The summed E-state index contributed by atoms with van der Waals surface area (Å²) >= 11 is 3.84. The van der Waals surface area contributed by atoms with Gasteiger partial charge in [0.15, 0.2) is 0 Å². The van der Waals surface area contributed by atoms with Gasteiger partial charge in [-0.15, -0.1) is 23.1 Å². The van der Waals surface area contributed by atoms with Gasteiger partial charge in [0.25, 0.3) is 0 Å². The second-order valence-corrected chi connectivity index (χ2v) is 6.06. The number of rotatable bonds is 7. The van der Waals surface area contributed by atoms with Crippen LogP contribution in [-0.4, -0.2) is 18.3 Å². The monoisotopic (exact) mass is 227 g/mol. The summed E-state index contributed by atoms with van der Waals surface area (Å²) < 4.78 is 1.46. The van der Waals surface area contributed by atoms with Gasteiger partial charge in [-0.2, -0.15) is 0 Å². The molecule has 1 heterocycles. The van der Waals surface area contributed by atoms with E-state index in [4.69, 9.17) is 0 Å². The molecule has 2 rings (SSSR count). The van der Waals surface area contributed by atoms with E-state index >= 15 is 0 Å². The second-order valence-electron chi connectivity index (χ2n) is 3.72. The lowest BCUT2D eigenvalue weighted by Crippen LogP contribution is -2.17. The molecule has 0 bridgehead atoms. The van der Waals surface area contributed by atoms with Crippen molar-refractivity contribution in [3.63, 3.8) is 0 Å². The minimum atomic E-state index is 0.875. The van der Waals surface area contributed by atoms with Crippen molar-refractivity contribution in [1.82, 2.24) is 5.32 Å². The molecule has 0 atom stereocenters. The normalized spacial score (nSPS) is 16.0. The molecule has 1 aliphatic rings. The van der Waals surface area contributed by atoms with Gasteiger partial charge in [-0.3, -0.25) is 0 Å². The highest BCUT2D eigenvalue weighted by atomic mass is 32.2. The highest BCUT2D eigenvalue weighted by Crippen LogP contribution is 2.24. The molecule has 3 heteroatoms. The van der Waals surface area contributed by atoms with Crippen molar-refractivity contribution in [1.29, 1.82) is 0 Å². The van der Waals surface area contributed by atoms with Crippen LogP contribution in [-0.2, 0) is 0 Å². The number of nitrogens with one attached hydrogen (secondary N) is 1. The first-order valence-corrected chi connectivity index (χ1v) is 7.21. The summed E-state index contributed by atoms with van der Waals surface area (Å²) in [7, 11) is 0. The largest absolute Gasteiger partial charge is 0.314 e. The van der Waals surface area contributed by atoms with Gasteiger partial charge in [-0.05, 0) is 49.4 Å². The molecule has 0 amide bonds. The van der Waals surface area contributed by atoms with E-state index in [9.17, 15) is 0 Å². The van der Waals surface area contributed by atoms with Crippen LogP contribution in [0.3, 0.4) is 0 Å². The summed E-state index contributed by atoms with van der Waals surface area (Å²) in [5.74, 6) is 1.27.